The van der Waals surface area contributed by atoms with Crippen molar-refractivity contribution >= 4 is 17.3 Å². The fraction of sp³-hybridized carbons (Fsp3) is 0.167. The first kappa shape index (κ1) is 7.50. The minimum absolute atomic E-state index is 1.51. The molecular formula is C6H9NS. The number of hydrogen-bond acceptors (Lipinski definition) is 2. The van der Waals surface area contributed by atoms with Crippen molar-refractivity contribution in [3.63, 3.8) is 0 Å². The molecule has 8 heavy (non-hydrogen) atoms. The van der Waals surface area contributed by atoms with Crippen LogP contribution in [0.5, 0.6) is 0 Å². The Bertz CT molecular complexity index is 105. The predicted molar refractivity (Wildman–Crippen MR) is 41.1 cm³/mol. The van der Waals surface area contributed by atoms with Crippen molar-refractivity contribution in [3.8, 4) is 0 Å². The summed E-state index contributed by atoms with van der Waals surface area (Å²) in [5, 5.41) is 1.95. The molecular weight excluding hydrogens is 118 g/mol. The summed E-state index contributed by atoms with van der Waals surface area (Å²) in [7, 11) is 0. The van der Waals surface area contributed by atoms with E-state index >= 15 is 0 Å². The maximum absolute atomic E-state index is 3.76. The Morgan fingerprint density at radius 1 is 1.62 bits per heavy atom. The fourth-order valence-corrected chi connectivity index (χ4v) is 0.576. The largest absolute Gasteiger partial charge is 0.258 e. The van der Waals surface area contributed by atoms with E-state index in [1.54, 1.807) is 5.55 Å². The molecule has 0 saturated carbocycles. The normalized spacial score (nSPS) is 11.1. The van der Waals surface area contributed by atoms with E-state index in [-0.39, 0.29) is 0 Å². The molecule has 0 aromatic carbocycles. The molecule has 0 spiro atoms. The standard InChI is InChI=1S/C6H9NS/c1-3-5-8-6-7-4-2/h3-6H,2H2,1H3/b5-3-,7-6?. The molecule has 0 fully saturated rings. The minimum Gasteiger partial charge on any atom is -0.258 e. The van der Waals surface area contributed by atoms with Gasteiger partial charge in [0.1, 0.15) is 0 Å². The van der Waals surface area contributed by atoms with E-state index in [0.29, 0.717) is 0 Å². The van der Waals surface area contributed by atoms with Crippen molar-refractivity contribution in [2.24, 2.45) is 4.99 Å². The zero-order valence-corrected chi connectivity index (χ0v) is 5.69. The maximum atomic E-state index is 3.76. The van der Waals surface area contributed by atoms with Crippen LogP contribution in [0.3, 0.4) is 0 Å². The van der Waals surface area contributed by atoms with Crippen molar-refractivity contribution in [1.29, 1.82) is 0 Å². The molecule has 44 valence electrons. The van der Waals surface area contributed by atoms with Crippen molar-refractivity contribution in [3.05, 3.63) is 24.3 Å². The predicted octanol–water partition coefficient (Wildman–Crippen LogP) is 2.43. The quantitative estimate of drug-likeness (QED) is 0.419. The van der Waals surface area contributed by atoms with Crippen LogP contribution in [0.25, 0.3) is 0 Å². The SMILES string of the molecule is C=CN=CS/C=C\C. The van der Waals surface area contributed by atoms with Gasteiger partial charge in [0.15, 0.2) is 0 Å². The van der Waals surface area contributed by atoms with Gasteiger partial charge in [0.2, 0.25) is 0 Å². The van der Waals surface area contributed by atoms with E-state index in [1.807, 2.05) is 18.4 Å². The first-order valence-electron chi connectivity index (χ1n) is 2.31. The summed E-state index contributed by atoms with van der Waals surface area (Å²) in [6.07, 6.45) is 3.47. The maximum Gasteiger partial charge on any atom is 0.0638 e. The van der Waals surface area contributed by atoms with Crippen LogP contribution in [0.4, 0.5) is 0 Å². The number of thioether (sulfide) groups is 1. The molecule has 0 aliphatic carbocycles. The third kappa shape index (κ3) is 5.50. The zero-order valence-electron chi connectivity index (χ0n) is 4.87. The number of hydrogen-bond donors (Lipinski definition) is 0. The summed E-state index contributed by atoms with van der Waals surface area (Å²) in [6.45, 7) is 5.39. The molecule has 1 nitrogen and oxygen atoms in total. The summed E-state index contributed by atoms with van der Waals surface area (Å²) in [5.41, 5.74) is 1.73. The highest BCUT2D eigenvalue weighted by atomic mass is 32.2. The third-order valence-electron chi connectivity index (χ3n) is 0.442. The van der Waals surface area contributed by atoms with E-state index in [4.69, 9.17) is 0 Å². The highest BCUT2D eigenvalue weighted by Gasteiger charge is 1.63. The van der Waals surface area contributed by atoms with E-state index < -0.39 is 0 Å². The van der Waals surface area contributed by atoms with Crippen LogP contribution in [-0.4, -0.2) is 5.55 Å². The molecule has 0 N–H and O–H groups in total. The van der Waals surface area contributed by atoms with Gasteiger partial charge in [-0.1, -0.05) is 24.4 Å². The molecule has 2 heteroatoms. The Morgan fingerprint density at radius 3 is 2.88 bits per heavy atom. The van der Waals surface area contributed by atoms with Crippen LogP contribution < -0.4 is 0 Å². The topological polar surface area (TPSA) is 12.4 Å². The third-order valence-corrected chi connectivity index (χ3v) is 1.11. The second-order valence-electron chi connectivity index (χ2n) is 1.04. The Morgan fingerprint density at radius 2 is 2.38 bits per heavy atom. The van der Waals surface area contributed by atoms with E-state index in [1.165, 1.54) is 18.0 Å². The van der Waals surface area contributed by atoms with Crippen LogP contribution in [0.15, 0.2) is 29.3 Å². The minimum atomic E-state index is 1.51. The molecule has 0 atom stereocenters. The van der Waals surface area contributed by atoms with Gasteiger partial charge in [0.25, 0.3) is 0 Å². The molecule has 0 unspecified atom stereocenters. The number of nitrogens with zero attached hydrogens (tertiary/aromatic N) is 1. The summed E-state index contributed by atoms with van der Waals surface area (Å²) in [5.74, 6) is 0. The van der Waals surface area contributed by atoms with Crippen LogP contribution in [0.1, 0.15) is 6.92 Å². The Labute approximate surface area is 54.2 Å². The molecule has 0 aromatic rings. The summed E-state index contributed by atoms with van der Waals surface area (Å²) in [4.78, 5) is 3.76. The van der Waals surface area contributed by atoms with Gasteiger partial charge in [-0.3, -0.25) is 4.99 Å². The smallest absolute Gasteiger partial charge is 0.0638 e. The van der Waals surface area contributed by atoms with Gasteiger partial charge < -0.3 is 0 Å². The number of allylic oxidation sites excluding steroid dienone is 1. The van der Waals surface area contributed by atoms with E-state index in [9.17, 15) is 0 Å². The summed E-state index contributed by atoms with van der Waals surface area (Å²) < 4.78 is 0. The Kier molecular flexibility index (Phi) is 6.09. The van der Waals surface area contributed by atoms with Gasteiger partial charge in [0.05, 0.1) is 5.55 Å². The van der Waals surface area contributed by atoms with Gasteiger partial charge in [0, 0.05) is 6.20 Å². The number of rotatable bonds is 3. The van der Waals surface area contributed by atoms with Crippen molar-refractivity contribution in [2.45, 2.75) is 6.92 Å². The average Bonchev–Trinajstić information content (AvgIpc) is 1.81. The molecule has 0 amide bonds. The van der Waals surface area contributed by atoms with Gasteiger partial charge in [-0.25, -0.2) is 0 Å². The molecule has 0 radical (unpaired) electrons. The van der Waals surface area contributed by atoms with Gasteiger partial charge in [-0.2, -0.15) is 0 Å². The lowest BCUT2D eigenvalue weighted by atomic mass is 10.8. The summed E-state index contributed by atoms with van der Waals surface area (Å²) in [6, 6.07) is 0. The highest BCUT2D eigenvalue weighted by Crippen LogP contribution is 1.94. The highest BCUT2D eigenvalue weighted by molar-refractivity contribution is 8.14. The van der Waals surface area contributed by atoms with Crippen molar-refractivity contribution < 1.29 is 0 Å². The second-order valence-corrected chi connectivity index (χ2v) is 1.80. The Balaban J connectivity index is 3.15. The monoisotopic (exact) mass is 127 g/mol. The van der Waals surface area contributed by atoms with Gasteiger partial charge in [-0.15, -0.1) is 0 Å². The molecule has 0 aromatic heterocycles. The van der Waals surface area contributed by atoms with E-state index in [0.717, 1.165) is 0 Å². The van der Waals surface area contributed by atoms with Gasteiger partial charge in [-0.05, 0) is 12.3 Å². The van der Waals surface area contributed by atoms with Gasteiger partial charge >= 0.3 is 0 Å². The average molecular weight is 127 g/mol. The lowest BCUT2D eigenvalue weighted by Crippen LogP contribution is -1.52. The summed E-state index contributed by atoms with van der Waals surface area (Å²) >= 11 is 1.53. The molecule has 0 bridgehead atoms. The Hall–Kier alpha value is -0.500. The molecule has 0 rings (SSSR count). The first-order valence-corrected chi connectivity index (χ1v) is 3.25. The molecule has 0 heterocycles. The van der Waals surface area contributed by atoms with Crippen molar-refractivity contribution in [1.82, 2.24) is 0 Å². The first-order chi connectivity index (χ1) is 3.91. The van der Waals surface area contributed by atoms with Crippen LogP contribution >= 0.6 is 11.8 Å². The van der Waals surface area contributed by atoms with E-state index in [2.05, 4.69) is 11.6 Å². The molecule has 0 aliphatic heterocycles. The lowest BCUT2D eigenvalue weighted by molar-refractivity contribution is 1.65. The molecule has 0 saturated heterocycles. The van der Waals surface area contributed by atoms with Crippen LogP contribution in [0, 0.1) is 0 Å². The second kappa shape index (κ2) is 6.50. The zero-order chi connectivity index (χ0) is 6.24. The van der Waals surface area contributed by atoms with Crippen LogP contribution in [0.2, 0.25) is 0 Å². The molecule has 0 aliphatic rings. The van der Waals surface area contributed by atoms with Crippen LogP contribution in [-0.2, 0) is 0 Å². The number of aliphatic imine (C=N–C) groups is 1. The fourth-order valence-electron chi connectivity index (χ4n) is 0.192. The lowest BCUT2D eigenvalue weighted by Gasteiger charge is -1.74. The van der Waals surface area contributed by atoms with Crippen molar-refractivity contribution in [2.75, 3.05) is 0 Å².